The Morgan fingerprint density at radius 3 is 2.42 bits per heavy atom. The van der Waals surface area contributed by atoms with E-state index in [4.69, 9.17) is 9.47 Å². The third-order valence-electron chi connectivity index (χ3n) is 10.1. The lowest BCUT2D eigenvalue weighted by molar-refractivity contribution is -0.122. The second-order valence-electron chi connectivity index (χ2n) is 15.2. The molecule has 13 nitrogen and oxygen atoms in total. The molecule has 0 bridgehead atoms. The predicted octanol–water partition coefficient (Wildman–Crippen LogP) is 5.80. The summed E-state index contributed by atoms with van der Waals surface area (Å²) in [4.78, 5) is 51.1. The molecule has 4 aromatic rings. The highest BCUT2D eigenvalue weighted by molar-refractivity contribution is 5.96. The first-order valence-electron chi connectivity index (χ1n) is 18.8. The van der Waals surface area contributed by atoms with Crippen LogP contribution in [0.1, 0.15) is 62.9 Å². The van der Waals surface area contributed by atoms with Crippen molar-refractivity contribution in [3.05, 3.63) is 71.7 Å². The highest BCUT2D eigenvalue weighted by Crippen LogP contribution is 2.32. The van der Waals surface area contributed by atoms with Gasteiger partial charge in [0.1, 0.15) is 5.60 Å². The van der Waals surface area contributed by atoms with Crippen molar-refractivity contribution in [3.63, 3.8) is 0 Å². The number of rotatable bonds is 12. The third-order valence-corrected chi connectivity index (χ3v) is 10.1. The van der Waals surface area contributed by atoms with Crippen molar-refractivity contribution >= 4 is 35.1 Å². The third kappa shape index (κ3) is 9.50. The molecule has 2 aliphatic heterocycles. The number of benzene rings is 2. The maximum atomic E-state index is 14.9. The Hall–Kier alpha value is -5.31. The number of carbonyl (C=O) groups excluding carboxylic acids is 3. The maximum absolute atomic E-state index is 14.9. The molecule has 3 amide bonds. The molecule has 4 heterocycles. The molecular formula is C40H50F2N8O5. The summed E-state index contributed by atoms with van der Waals surface area (Å²) in [5, 5.41) is 9.43. The lowest BCUT2D eigenvalue weighted by Gasteiger charge is -2.31. The molecule has 2 aliphatic rings. The molecule has 294 valence electrons. The normalized spacial score (nSPS) is 16.6. The van der Waals surface area contributed by atoms with E-state index in [-0.39, 0.29) is 35.1 Å². The Kier molecular flexibility index (Phi) is 12.2. The van der Waals surface area contributed by atoms with E-state index >= 15 is 0 Å². The predicted molar refractivity (Wildman–Crippen MR) is 204 cm³/mol. The number of hydrogen-bond donors (Lipinski definition) is 3. The van der Waals surface area contributed by atoms with Crippen LogP contribution in [0, 0.1) is 23.5 Å². The van der Waals surface area contributed by atoms with Crippen molar-refractivity contribution in [1.29, 1.82) is 0 Å². The number of amides is 3. The fraction of sp³-hybridized carbons (Fsp3) is 0.475. The van der Waals surface area contributed by atoms with E-state index in [1.807, 2.05) is 33.8 Å². The molecule has 2 aromatic heterocycles. The first-order chi connectivity index (χ1) is 26.3. The zero-order valence-corrected chi connectivity index (χ0v) is 32.1. The number of methoxy groups -OCH3 is 1. The summed E-state index contributed by atoms with van der Waals surface area (Å²) in [5.74, 6) is -1.53. The number of likely N-dealkylation sites (tertiary alicyclic amines) is 2. The first kappa shape index (κ1) is 39.4. The van der Waals surface area contributed by atoms with Crippen LogP contribution >= 0.6 is 0 Å². The van der Waals surface area contributed by atoms with Gasteiger partial charge in [-0.2, -0.15) is 4.39 Å². The van der Waals surface area contributed by atoms with Gasteiger partial charge in [-0.25, -0.2) is 19.2 Å². The van der Waals surface area contributed by atoms with E-state index in [2.05, 4.69) is 30.8 Å². The van der Waals surface area contributed by atoms with E-state index < -0.39 is 17.2 Å². The van der Waals surface area contributed by atoms with Crippen molar-refractivity contribution in [2.24, 2.45) is 11.8 Å². The monoisotopic (exact) mass is 760 g/mol. The highest BCUT2D eigenvalue weighted by atomic mass is 19.2. The molecule has 0 aliphatic carbocycles. The number of nitrogens with zero attached hydrogens (tertiary/aromatic N) is 5. The van der Waals surface area contributed by atoms with Gasteiger partial charge in [-0.15, -0.1) is 0 Å². The van der Waals surface area contributed by atoms with Crippen LogP contribution in [0.4, 0.5) is 25.1 Å². The fourth-order valence-corrected chi connectivity index (χ4v) is 7.11. The summed E-state index contributed by atoms with van der Waals surface area (Å²) in [6.45, 7) is 11.7. The number of aryl methyl sites for hydroxylation is 1. The van der Waals surface area contributed by atoms with Crippen molar-refractivity contribution in [1.82, 2.24) is 34.8 Å². The molecule has 2 fully saturated rings. The zero-order valence-electron chi connectivity index (χ0n) is 32.1. The second kappa shape index (κ2) is 17.0. The number of aromatic nitrogens is 3. The van der Waals surface area contributed by atoms with E-state index in [9.17, 15) is 23.2 Å². The van der Waals surface area contributed by atoms with Gasteiger partial charge >= 0.3 is 6.09 Å². The summed E-state index contributed by atoms with van der Waals surface area (Å²) in [6, 6.07) is 8.29. The number of carbonyl (C=O) groups is 3. The minimum Gasteiger partial charge on any atom is -0.494 e. The van der Waals surface area contributed by atoms with E-state index in [1.165, 1.54) is 25.4 Å². The van der Waals surface area contributed by atoms with Crippen molar-refractivity contribution in [2.45, 2.75) is 59.0 Å². The molecule has 15 heteroatoms. The Morgan fingerprint density at radius 1 is 0.945 bits per heavy atom. The summed E-state index contributed by atoms with van der Waals surface area (Å²) in [7, 11) is 1.28. The Bertz CT molecular complexity index is 2020. The van der Waals surface area contributed by atoms with E-state index in [1.54, 1.807) is 33.8 Å². The van der Waals surface area contributed by atoms with Crippen LogP contribution in [0.25, 0.3) is 16.9 Å². The Balaban J connectivity index is 0.966. The molecule has 6 rings (SSSR count). The number of imidazole rings is 1. The van der Waals surface area contributed by atoms with Gasteiger partial charge in [0.15, 0.2) is 23.0 Å². The Labute approximate surface area is 319 Å². The summed E-state index contributed by atoms with van der Waals surface area (Å²) < 4.78 is 41.4. The molecule has 0 spiro atoms. The van der Waals surface area contributed by atoms with Gasteiger partial charge in [0.2, 0.25) is 11.7 Å². The Morgan fingerprint density at radius 2 is 1.69 bits per heavy atom. The topological polar surface area (TPSA) is 142 Å². The summed E-state index contributed by atoms with van der Waals surface area (Å²) in [5.41, 5.74) is 2.40. The maximum Gasteiger partial charge on any atom is 0.410 e. The smallest absolute Gasteiger partial charge is 0.410 e. The highest BCUT2D eigenvalue weighted by Gasteiger charge is 2.30. The summed E-state index contributed by atoms with van der Waals surface area (Å²) >= 11 is 0. The number of fused-ring (bicyclic) bond motifs is 1. The molecule has 2 aromatic carbocycles. The molecule has 0 saturated carbocycles. The van der Waals surface area contributed by atoms with Crippen LogP contribution in [-0.4, -0.2) is 101 Å². The molecule has 3 N–H and O–H groups in total. The molecule has 0 radical (unpaired) electrons. The van der Waals surface area contributed by atoms with Crippen LogP contribution < -0.4 is 20.7 Å². The van der Waals surface area contributed by atoms with Crippen molar-refractivity contribution < 1.29 is 32.6 Å². The van der Waals surface area contributed by atoms with Crippen molar-refractivity contribution in [2.75, 3.05) is 58.2 Å². The van der Waals surface area contributed by atoms with Crippen LogP contribution in [-0.2, 0) is 16.0 Å². The van der Waals surface area contributed by atoms with Crippen molar-refractivity contribution in [3.8, 4) is 17.0 Å². The second-order valence-corrected chi connectivity index (χ2v) is 15.2. The molecule has 1 atom stereocenters. The minimum absolute atomic E-state index is 0.0184. The van der Waals surface area contributed by atoms with E-state index in [0.29, 0.717) is 73.5 Å². The lowest BCUT2D eigenvalue weighted by Crippen LogP contribution is -2.44. The average molecular weight is 761 g/mol. The van der Waals surface area contributed by atoms with E-state index in [0.717, 1.165) is 37.9 Å². The molecule has 1 unspecified atom stereocenters. The van der Waals surface area contributed by atoms with Gasteiger partial charge in [-0.1, -0.05) is 6.92 Å². The number of halogens is 2. The van der Waals surface area contributed by atoms with Gasteiger partial charge in [-0.3, -0.25) is 18.9 Å². The van der Waals surface area contributed by atoms with Gasteiger partial charge in [0, 0.05) is 55.4 Å². The lowest BCUT2D eigenvalue weighted by atomic mass is 9.96. The van der Waals surface area contributed by atoms with Crippen LogP contribution in [0.3, 0.4) is 0 Å². The standard InChI is InChI=1S/C40H50F2N8O5/c1-6-27-19-28(47-36-37-45-22-31(50(37)18-14-43-36)30-9-10-32(54-5)35(42)34(30)41)7-8-29(27)38(52)46-20-25-11-15-48(16-12-25)24-33(51)44-21-26-13-17-49(23-26)39(53)55-40(2,3)4/h7-10,14,18-19,22,25-26H,6,11-13,15-17,20-21,23-24H2,1-5H3,(H,43,47)(H,44,51)(H,46,52). The van der Waals surface area contributed by atoms with Gasteiger partial charge < -0.3 is 30.3 Å². The average Bonchev–Trinajstić information content (AvgIpc) is 3.82. The number of nitrogens with one attached hydrogen (secondary N) is 3. The van der Waals surface area contributed by atoms with Gasteiger partial charge in [-0.05, 0) is 107 Å². The quantitative estimate of drug-likeness (QED) is 0.163. The van der Waals surface area contributed by atoms with Crippen LogP contribution in [0.2, 0.25) is 0 Å². The largest absolute Gasteiger partial charge is 0.494 e. The SMILES string of the molecule is CCc1cc(Nc2nccn3c(-c4ccc(OC)c(F)c4F)cnc23)ccc1C(=O)NCC1CCN(CC(=O)NCC2CCN(C(=O)OC(C)(C)C)C2)CC1. The number of ether oxygens (including phenoxy) is 2. The number of hydrogen-bond acceptors (Lipinski definition) is 9. The van der Waals surface area contributed by atoms with Crippen LogP contribution in [0.15, 0.2) is 48.9 Å². The fourth-order valence-electron chi connectivity index (χ4n) is 7.11. The van der Waals surface area contributed by atoms with Crippen LogP contribution in [0.5, 0.6) is 5.75 Å². The number of piperidine rings is 1. The molecule has 2 saturated heterocycles. The summed E-state index contributed by atoms with van der Waals surface area (Å²) in [6.07, 6.45) is 7.52. The zero-order chi connectivity index (χ0) is 39.3. The van der Waals surface area contributed by atoms with Gasteiger partial charge in [0.25, 0.3) is 5.91 Å². The minimum atomic E-state index is -1.08. The number of anilines is 2. The molecular weight excluding hydrogens is 710 g/mol. The van der Waals surface area contributed by atoms with Gasteiger partial charge in [0.05, 0.1) is 25.5 Å². The molecule has 55 heavy (non-hydrogen) atoms. The first-order valence-corrected chi connectivity index (χ1v) is 18.8.